The van der Waals surface area contributed by atoms with Crippen LogP contribution in [0.5, 0.6) is 0 Å². The van der Waals surface area contributed by atoms with E-state index in [1.165, 1.54) is 0 Å². The lowest BCUT2D eigenvalue weighted by atomic mass is 10.0. The first-order valence-electron chi connectivity index (χ1n) is 7.85. The number of hydrogen-bond donors (Lipinski definition) is 1. The van der Waals surface area contributed by atoms with Crippen molar-refractivity contribution in [3.05, 3.63) is 40.1 Å². The predicted octanol–water partition coefficient (Wildman–Crippen LogP) is 3.33. The van der Waals surface area contributed by atoms with Gasteiger partial charge >= 0.3 is 0 Å². The summed E-state index contributed by atoms with van der Waals surface area (Å²) in [5.41, 5.74) is 4.53. The van der Waals surface area contributed by atoms with Crippen LogP contribution in [0, 0.1) is 27.7 Å². The number of anilines is 1. The standard InChI is InChI=1S/C17H23N3O2S/c1-10-8-11(2)13(4)17(12(10)3)23(21,22)19-16-9-15(14-6-7-14)18-20(16)5/h8-9,14,19H,6-7H2,1-5H3. The van der Waals surface area contributed by atoms with Crippen LogP contribution in [0.4, 0.5) is 5.82 Å². The van der Waals surface area contributed by atoms with E-state index in [2.05, 4.69) is 9.82 Å². The van der Waals surface area contributed by atoms with Gasteiger partial charge in [0.25, 0.3) is 10.0 Å². The predicted molar refractivity (Wildman–Crippen MR) is 91.4 cm³/mol. The molecule has 0 radical (unpaired) electrons. The third-order valence-corrected chi connectivity index (χ3v) is 6.33. The second kappa shape index (κ2) is 5.37. The Morgan fingerprint density at radius 2 is 1.65 bits per heavy atom. The Hall–Kier alpha value is -1.82. The van der Waals surface area contributed by atoms with Crippen LogP contribution >= 0.6 is 0 Å². The summed E-state index contributed by atoms with van der Waals surface area (Å²) in [5.74, 6) is 1.01. The van der Waals surface area contributed by atoms with Gasteiger partial charge in [0.1, 0.15) is 5.82 Å². The minimum absolute atomic E-state index is 0.379. The summed E-state index contributed by atoms with van der Waals surface area (Å²) in [6.07, 6.45) is 2.27. The Kier molecular flexibility index (Phi) is 3.75. The summed E-state index contributed by atoms with van der Waals surface area (Å²) in [6, 6.07) is 3.88. The summed E-state index contributed by atoms with van der Waals surface area (Å²) in [4.78, 5) is 0.379. The Morgan fingerprint density at radius 1 is 1.09 bits per heavy atom. The van der Waals surface area contributed by atoms with E-state index in [-0.39, 0.29) is 0 Å². The van der Waals surface area contributed by atoms with Crippen molar-refractivity contribution in [2.24, 2.45) is 7.05 Å². The van der Waals surface area contributed by atoms with E-state index in [9.17, 15) is 8.42 Å². The van der Waals surface area contributed by atoms with Gasteiger partial charge in [0, 0.05) is 19.0 Å². The normalized spacial score (nSPS) is 15.0. The van der Waals surface area contributed by atoms with Crippen LogP contribution in [-0.4, -0.2) is 18.2 Å². The number of rotatable bonds is 4. The van der Waals surface area contributed by atoms with Crippen molar-refractivity contribution >= 4 is 15.8 Å². The Bertz CT molecular complexity index is 851. The minimum Gasteiger partial charge on any atom is -0.264 e. The number of aryl methyl sites for hydroxylation is 3. The zero-order valence-electron chi connectivity index (χ0n) is 14.3. The average Bonchev–Trinajstić information content (AvgIpc) is 3.23. The molecular weight excluding hydrogens is 310 g/mol. The van der Waals surface area contributed by atoms with Gasteiger partial charge in [-0.15, -0.1) is 0 Å². The van der Waals surface area contributed by atoms with Crippen molar-refractivity contribution in [3.63, 3.8) is 0 Å². The van der Waals surface area contributed by atoms with E-state index in [0.717, 1.165) is 40.8 Å². The van der Waals surface area contributed by atoms with Gasteiger partial charge in [-0.3, -0.25) is 9.40 Å². The highest BCUT2D eigenvalue weighted by Gasteiger charge is 2.28. The molecule has 3 rings (SSSR count). The molecule has 0 bridgehead atoms. The maximum atomic E-state index is 12.9. The summed E-state index contributed by atoms with van der Waals surface area (Å²) in [5, 5.41) is 4.42. The molecule has 0 amide bonds. The molecule has 2 aromatic rings. The summed E-state index contributed by atoms with van der Waals surface area (Å²) >= 11 is 0. The number of sulfonamides is 1. The van der Waals surface area contributed by atoms with Gasteiger partial charge in [-0.25, -0.2) is 8.42 Å². The van der Waals surface area contributed by atoms with Crippen LogP contribution in [0.15, 0.2) is 17.0 Å². The first-order valence-corrected chi connectivity index (χ1v) is 9.33. The summed E-state index contributed by atoms with van der Waals surface area (Å²) < 4.78 is 30.2. The Labute approximate surface area is 137 Å². The third-order valence-electron chi connectivity index (χ3n) is 4.70. The fraction of sp³-hybridized carbons (Fsp3) is 0.471. The molecule has 0 aliphatic heterocycles. The highest BCUT2D eigenvalue weighted by molar-refractivity contribution is 7.92. The van der Waals surface area contributed by atoms with Crippen LogP contribution in [0.25, 0.3) is 0 Å². The summed E-state index contributed by atoms with van der Waals surface area (Å²) in [6.45, 7) is 7.59. The van der Waals surface area contributed by atoms with Gasteiger partial charge in [-0.05, 0) is 62.8 Å². The first kappa shape index (κ1) is 16.1. The minimum atomic E-state index is -3.64. The van der Waals surface area contributed by atoms with Gasteiger partial charge in [0.05, 0.1) is 10.6 Å². The van der Waals surface area contributed by atoms with Crippen LogP contribution in [0.2, 0.25) is 0 Å². The topological polar surface area (TPSA) is 64.0 Å². The van der Waals surface area contributed by atoms with E-state index >= 15 is 0 Å². The molecule has 124 valence electrons. The van der Waals surface area contributed by atoms with Gasteiger partial charge < -0.3 is 0 Å². The second-order valence-electron chi connectivity index (χ2n) is 6.55. The largest absolute Gasteiger partial charge is 0.264 e. The van der Waals surface area contributed by atoms with Crippen molar-refractivity contribution in [2.75, 3.05) is 4.72 Å². The number of aromatic nitrogens is 2. The highest BCUT2D eigenvalue weighted by Crippen LogP contribution is 2.40. The SMILES string of the molecule is Cc1cc(C)c(C)c(S(=O)(=O)Nc2cc(C3CC3)nn2C)c1C. The highest BCUT2D eigenvalue weighted by atomic mass is 32.2. The van der Waals surface area contributed by atoms with Gasteiger partial charge in [-0.2, -0.15) is 5.10 Å². The molecule has 0 unspecified atom stereocenters. The number of benzene rings is 1. The van der Waals surface area contributed by atoms with Gasteiger partial charge in [0.15, 0.2) is 0 Å². The molecule has 1 aromatic carbocycles. The molecule has 1 N–H and O–H groups in total. The summed E-state index contributed by atoms with van der Waals surface area (Å²) in [7, 11) is -1.88. The second-order valence-corrected chi connectivity index (χ2v) is 8.17. The van der Waals surface area contributed by atoms with E-state index in [1.54, 1.807) is 11.7 Å². The van der Waals surface area contributed by atoms with E-state index in [4.69, 9.17) is 0 Å². The van der Waals surface area contributed by atoms with E-state index in [1.807, 2.05) is 39.8 Å². The molecule has 1 fully saturated rings. The molecule has 1 aromatic heterocycles. The lowest BCUT2D eigenvalue weighted by molar-refractivity contribution is 0.598. The molecule has 0 saturated heterocycles. The molecule has 1 heterocycles. The molecule has 1 saturated carbocycles. The van der Waals surface area contributed by atoms with Crippen molar-refractivity contribution in [1.29, 1.82) is 0 Å². The molecule has 1 aliphatic rings. The molecule has 5 nitrogen and oxygen atoms in total. The quantitative estimate of drug-likeness (QED) is 0.933. The maximum Gasteiger partial charge on any atom is 0.263 e. The molecule has 6 heteroatoms. The fourth-order valence-corrected chi connectivity index (χ4v) is 4.63. The average molecular weight is 333 g/mol. The maximum absolute atomic E-state index is 12.9. The lowest BCUT2D eigenvalue weighted by Crippen LogP contribution is -2.18. The van der Waals surface area contributed by atoms with E-state index in [0.29, 0.717) is 16.6 Å². The zero-order chi connectivity index (χ0) is 16.9. The monoisotopic (exact) mass is 333 g/mol. The number of hydrogen-bond acceptors (Lipinski definition) is 3. The third kappa shape index (κ3) is 2.87. The van der Waals surface area contributed by atoms with Crippen molar-refractivity contribution in [2.45, 2.75) is 51.3 Å². The fourth-order valence-electron chi connectivity index (χ4n) is 2.94. The first-order chi connectivity index (χ1) is 10.7. The molecular formula is C17H23N3O2S. The zero-order valence-corrected chi connectivity index (χ0v) is 15.1. The van der Waals surface area contributed by atoms with Crippen molar-refractivity contribution in [3.8, 4) is 0 Å². The molecule has 0 spiro atoms. The van der Waals surface area contributed by atoms with E-state index < -0.39 is 10.0 Å². The van der Waals surface area contributed by atoms with Gasteiger partial charge in [-0.1, -0.05) is 6.07 Å². The number of nitrogens with zero attached hydrogens (tertiary/aromatic N) is 2. The van der Waals surface area contributed by atoms with Crippen molar-refractivity contribution < 1.29 is 8.42 Å². The Balaban J connectivity index is 2.03. The Morgan fingerprint density at radius 3 is 2.17 bits per heavy atom. The van der Waals surface area contributed by atoms with Gasteiger partial charge in [0.2, 0.25) is 0 Å². The molecule has 0 atom stereocenters. The smallest absolute Gasteiger partial charge is 0.263 e. The molecule has 1 aliphatic carbocycles. The lowest BCUT2D eigenvalue weighted by Gasteiger charge is -2.16. The van der Waals surface area contributed by atoms with Crippen LogP contribution < -0.4 is 4.72 Å². The van der Waals surface area contributed by atoms with Crippen LogP contribution in [-0.2, 0) is 17.1 Å². The molecule has 23 heavy (non-hydrogen) atoms. The van der Waals surface area contributed by atoms with Crippen LogP contribution in [0.3, 0.4) is 0 Å². The van der Waals surface area contributed by atoms with Crippen molar-refractivity contribution in [1.82, 2.24) is 9.78 Å². The van der Waals surface area contributed by atoms with Crippen LogP contribution in [0.1, 0.15) is 46.7 Å². The number of nitrogens with one attached hydrogen (secondary N) is 1.